The average Bonchev–Trinajstić information content (AvgIpc) is 2.53. The maximum absolute atomic E-state index is 11.5. The van der Waals surface area contributed by atoms with Gasteiger partial charge < -0.3 is 19.8 Å². The number of aliphatic hydroxyl groups excluding tert-OH is 1. The zero-order valence-electron chi connectivity index (χ0n) is 11.4. The molecule has 1 aromatic heterocycles. The van der Waals surface area contributed by atoms with Crippen LogP contribution in [0.15, 0.2) is 30.5 Å². The minimum absolute atomic E-state index is 0.0876. The number of aromatic carboxylic acids is 1. The summed E-state index contributed by atoms with van der Waals surface area (Å²) in [5, 5.41) is 19.8. The number of hydrogen-bond acceptors (Lipinski definition) is 5. The Morgan fingerprint density at radius 2 is 2.24 bits per heavy atom. The summed E-state index contributed by atoms with van der Waals surface area (Å²) in [6, 6.07) is 7.17. The lowest BCUT2D eigenvalue weighted by atomic mass is 10.1. The van der Waals surface area contributed by atoms with Crippen LogP contribution in [0.4, 0.5) is 5.69 Å². The van der Waals surface area contributed by atoms with Crippen LogP contribution in [0.2, 0.25) is 0 Å². The molecule has 6 heteroatoms. The van der Waals surface area contributed by atoms with Crippen molar-refractivity contribution in [3.8, 4) is 0 Å². The van der Waals surface area contributed by atoms with Gasteiger partial charge in [0.25, 0.3) is 0 Å². The van der Waals surface area contributed by atoms with Crippen molar-refractivity contribution in [1.29, 1.82) is 0 Å². The second-order valence-electron chi connectivity index (χ2n) is 4.95. The van der Waals surface area contributed by atoms with Crippen LogP contribution in [-0.4, -0.2) is 53.6 Å². The topological polar surface area (TPSA) is 82.9 Å². The molecule has 21 heavy (non-hydrogen) atoms. The molecule has 1 aliphatic rings. The summed E-state index contributed by atoms with van der Waals surface area (Å²) in [5.74, 6) is -1.02. The van der Waals surface area contributed by atoms with E-state index in [1.54, 1.807) is 0 Å². The van der Waals surface area contributed by atoms with Crippen LogP contribution in [-0.2, 0) is 4.74 Å². The molecule has 1 fully saturated rings. The van der Waals surface area contributed by atoms with E-state index in [0.29, 0.717) is 25.4 Å². The summed E-state index contributed by atoms with van der Waals surface area (Å²) in [7, 11) is 0. The molecule has 0 spiro atoms. The highest BCUT2D eigenvalue weighted by Crippen LogP contribution is 2.32. The molecule has 2 heterocycles. The molecule has 6 nitrogen and oxygen atoms in total. The van der Waals surface area contributed by atoms with Gasteiger partial charge in [0.15, 0.2) is 0 Å². The van der Waals surface area contributed by atoms with Crippen molar-refractivity contribution in [3.63, 3.8) is 0 Å². The van der Waals surface area contributed by atoms with Crippen molar-refractivity contribution < 1.29 is 19.7 Å². The molecule has 1 atom stereocenters. The first-order valence-corrected chi connectivity index (χ1v) is 6.78. The van der Waals surface area contributed by atoms with Gasteiger partial charge in [0.1, 0.15) is 5.56 Å². The van der Waals surface area contributed by atoms with Gasteiger partial charge in [-0.2, -0.15) is 0 Å². The molecule has 0 aliphatic carbocycles. The third-order valence-electron chi connectivity index (χ3n) is 3.70. The lowest BCUT2D eigenvalue weighted by Gasteiger charge is -2.37. The fraction of sp³-hybridized carbons (Fsp3) is 0.333. The SMILES string of the molecule is O=C(O)c1cnc2ccccc2c1N1CCOCC1CO. The average molecular weight is 288 g/mol. The number of nitrogens with zero attached hydrogens (tertiary/aromatic N) is 2. The van der Waals surface area contributed by atoms with E-state index in [0.717, 1.165) is 10.9 Å². The molecule has 0 bridgehead atoms. The Morgan fingerprint density at radius 1 is 1.43 bits per heavy atom. The van der Waals surface area contributed by atoms with E-state index >= 15 is 0 Å². The van der Waals surface area contributed by atoms with E-state index in [9.17, 15) is 15.0 Å². The van der Waals surface area contributed by atoms with Gasteiger partial charge in [-0.15, -0.1) is 0 Å². The van der Waals surface area contributed by atoms with Crippen molar-refractivity contribution in [1.82, 2.24) is 4.98 Å². The highest BCUT2D eigenvalue weighted by Gasteiger charge is 2.28. The minimum Gasteiger partial charge on any atom is -0.478 e. The number of hydrogen-bond donors (Lipinski definition) is 2. The number of carboxylic acid groups (broad SMARTS) is 1. The first kappa shape index (κ1) is 13.8. The number of rotatable bonds is 3. The number of carbonyl (C=O) groups is 1. The molecule has 1 saturated heterocycles. The van der Waals surface area contributed by atoms with Gasteiger partial charge in [0, 0.05) is 18.1 Å². The quantitative estimate of drug-likeness (QED) is 0.881. The van der Waals surface area contributed by atoms with Crippen LogP contribution in [0, 0.1) is 0 Å². The van der Waals surface area contributed by atoms with Crippen LogP contribution >= 0.6 is 0 Å². The molecule has 2 aromatic rings. The Bertz CT molecular complexity index is 674. The zero-order chi connectivity index (χ0) is 14.8. The predicted octanol–water partition coefficient (Wildman–Crippen LogP) is 1.13. The third kappa shape index (κ3) is 2.43. The Kier molecular flexibility index (Phi) is 3.72. The Labute approximate surface area is 121 Å². The maximum Gasteiger partial charge on any atom is 0.339 e. The largest absolute Gasteiger partial charge is 0.478 e. The summed E-state index contributed by atoms with van der Waals surface area (Å²) in [6.45, 7) is 1.34. The summed E-state index contributed by atoms with van der Waals surface area (Å²) in [4.78, 5) is 17.7. The van der Waals surface area contributed by atoms with E-state index in [1.165, 1.54) is 6.20 Å². The summed E-state index contributed by atoms with van der Waals surface area (Å²) >= 11 is 0. The standard InChI is InChI=1S/C15H16N2O4/c18-8-10-9-21-6-5-17(10)14-11-3-1-2-4-13(11)16-7-12(14)15(19)20/h1-4,7,10,18H,5-6,8-9H2,(H,19,20). The maximum atomic E-state index is 11.5. The van der Waals surface area contributed by atoms with E-state index in [2.05, 4.69) is 4.98 Å². The molecule has 0 saturated carbocycles. The summed E-state index contributed by atoms with van der Waals surface area (Å²) in [5.41, 5.74) is 1.49. The third-order valence-corrected chi connectivity index (χ3v) is 3.70. The molecular weight excluding hydrogens is 272 g/mol. The number of morpholine rings is 1. The number of carboxylic acids is 1. The van der Waals surface area contributed by atoms with Gasteiger partial charge in [-0.3, -0.25) is 4.98 Å². The fourth-order valence-corrected chi connectivity index (χ4v) is 2.69. The van der Waals surface area contributed by atoms with Crippen LogP contribution in [0.1, 0.15) is 10.4 Å². The van der Waals surface area contributed by atoms with Crippen molar-refractivity contribution >= 4 is 22.6 Å². The van der Waals surface area contributed by atoms with Gasteiger partial charge in [-0.25, -0.2) is 4.79 Å². The highest BCUT2D eigenvalue weighted by molar-refractivity contribution is 6.04. The number of anilines is 1. The second kappa shape index (κ2) is 5.67. The summed E-state index contributed by atoms with van der Waals surface area (Å²) < 4.78 is 5.37. The molecule has 1 aromatic carbocycles. The fourth-order valence-electron chi connectivity index (χ4n) is 2.69. The van der Waals surface area contributed by atoms with Crippen LogP contribution < -0.4 is 4.90 Å². The number of aromatic nitrogens is 1. The predicted molar refractivity (Wildman–Crippen MR) is 77.7 cm³/mol. The molecule has 1 aliphatic heterocycles. The first-order valence-electron chi connectivity index (χ1n) is 6.78. The number of pyridine rings is 1. The van der Waals surface area contributed by atoms with Crippen LogP contribution in [0.3, 0.4) is 0 Å². The van der Waals surface area contributed by atoms with E-state index in [4.69, 9.17) is 4.74 Å². The monoisotopic (exact) mass is 288 g/mol. The van der Waals surface area contributed by atoms with Gasteiger partial charge >= 0.3 is 5.97 Å². The molecular formula is C15H16N2O4. The number of benzene rings is 1. The number of fused-ring (bicyclic) bond motifs is 1. The van der Waals surface area contributed by atoms with Crippen molar-refractivity contribution in [2.24, 2.45) is 0 Å². The highest BCUT2D eigenvalue weighted by atomic mass is 16.5. The molecule has 0 radical (unpaired) electrons. The van der Waals surface area contributed by atoms with Crippen LogP contribution in [0.25, 0.3) is 10.9 Å². The zero-order valence-corrected chi connectivity index (χ0v) is 11.4. The van der Waals surface area contributed by atoms with Gasteiger partial charge in [-0.05, 0) is 6.07 Å². The minimum atomic E-state index is -1.02. The first-order chi connectivity index (χ1) is 10.2. The molecule has 0 amide bonds. The lowest BCUT2D eigenvalue weighted by Crippen LogP contribution is -2.48. The smallest absolute Gasteiger partial charge is 0.339 e. The molecule has 3 rings (SSSR count). The lowest BCUT2D eigenvalue weighted by molar-refractivity contribution is 0.0677. The van der Waals surface area contributed by atoms with E-state index in [-0.39, 0.29) is 18.2 Å². The normalized spacial score (nSPS) is 18.9. The van der Waals surface area contributed by atoms with Gasteiger partial charge in [0.05, 0.1) is 37.1 Å². The number of para-hydroxylation sites is 1. The Balaban J connectivity index is 2.22. The van der Waals surface area contributed by atoms with Crippen molar-refractivity contribution in [3.05, 3.63) is 36.0 Å². The molecule has 110 valence electrons. The van der Waals surface area contributed by atoms with Gasteiger partial charge in [0.2, 0.25) is 0 Å². The Hall–Kier alpha value is -2.18. The van der Waals surface area contributed by atoms with Gasteiger partial charge in [-0.1, -0.05) is 18.2 Å². The molecule has 2 N–H and O–H groups in total. The summed E-state index contributed by atoms with van der Waals surface area (Å²) in [6.07, 6.45) is 1.38. The number of aliphatic hydroxyl groups is 1. The van der Waals surface area contributed by atoms with Crippen molar-refractivity contribution in [2.75, 3.05) is 31.3 Å². The van der Waals surface area contributed by atoms with E-state index < -0.39 is 5.97 Å². The van der Waals surface area contributed by atoms with Crippen molar-refractivity contribution in [2.45, 2.75) is 6.04 Å². The Morgan fingerprint density at radius 3 is 3.00 bits per heavy atom. The van der Waals surface area contributed by atoms with Crippen LogP contribution in [0.5, 0.6) is 0 Å². The number of ether oxygens (including phenoxy) is 1. The second-order valence-corrected chi connectivity index (χ2v) is 4.95. The molecule has 1 unspecified atom stereocenters. The van der Waals surface area contributed by atoms with E-state index in [1.807, 2.05) is 29.2 Å².